The third-order valence-electron chi connectivity index (χ3n) is 4.95. The zero-order valence-electron chi connectivity index (χ0n) is 15.2. The molecule has 0 saturated carbocycles. The van der Waals surface area contributed by atoms with E-state index in [9.17, 15) is 4.79 Å². The van der Waals surface area contributed by atoms with E-state index in [1.54, 1.807) is 12.4 Å². The fourth-order valence-corrected chi connectivity index (χ4v) is 3.62. The van der Waals surface area contributed by atoms with Crippen molar-refractivity contribution in [2.75, 3.05) is 30.0 Å². The van der Waals surface area contributed by atoms with Gasteiger partial charge in [0.15, 0.2) is 11.5 Å². The Morgan fingerprint density at radius 2 is 1.82 bits per heavy atom. The number of para-hydroxylation sites is 1. The largest absolute Gasteiger partial charge is 0.486 e. The number of amides is 1. The summed E-state index contributed by atoms with van der Waals surface area (Å²) in [4.78, 5) is 19.1. The molecular formula is C22H19N3O3. The number of carbonyl (C=O) groups excluding carboxylic acids is 1. The van der Waals surface area contributed by atoms with Gasteiger partial charge in [-0.25, -0.2) is 0 Å². The molecule has 0 fully saturated rings. The van der Waals surface area contributed by atoms with Gasteiger partial charge in [-0.3, -0.25) is 9.78 Å². The van der Waals surface area contributed by atoms with Crippen LogP contribution in [0.5, 0.6) is 11.5 Å². The summed E-state index contributed by atoms with van der Waals surface area (Å²) in [5.74, 6) is 1.42. The van der Waals surface area contributed by atoms with Crippen LogP contribution >= 0.6 is 0 Å². The van der Waals surface area contributed by atoms with Gasteiger partial charge >= 0.3 is 0 Å². The smallest absolute Gasteiger partial charge is 0.259 e. The maximum atomic E-state index is 13.0. The average Bonchev–Trinajstić information content (AvgIpc) is 3.17. The van der Waals surface area contributed by atoms with Crippen LogP contribution in [0.2, 0.25) is 0 Å². The van der Waals surface area contributed by atoms with E-state index in [0.29, 0.717) is 31.1 Å². The molecule has 6 nitrogen and oxygen atoms in total. The van der Waals surface area contributed by atoms with Crippen LogP contribution < -0.4 is 19.7 Å². The summed E-state index contributed by atoms with van der Waals surface area (Å²) >= 11 is 0. The van der Waals surface area contributed by atoms with Crippen molar-refractivity contribution in [2.24, 2.45) is 0 Å². The fraction of sp³-hybridized carbons (Fsp3) is 0.182. The van der Waals surface area contributed by atoms with Crippen LogP contribution in [0.3, 0.4) is 0 Å². The maximum Gasteiger partial charge on any atom is 0.259 e. The molecule has 3 heterocycles. The predicted molar refractivity (Wildman–Crippen MR) is 107 cm³/mol. The summed E-state index contributed by atoms with van der Waals surface area (Å²) in [7, 11) is 0. The second kappa shape index (κ2) is 6.88. The number of nitrogens with one attached hydrogen (secondary N) is 1. The number of ether oxygens (including phenoxy) is 2. The molecule has 1 N–H and O–H groups in total. The number of fused-ring (bicyclic) bond motifs is 2. The molecule has 5 rings (SSSR count). The van der Waals surface area contributed by atoms with Crippen molar-refractivity contribution >= 4 is 23.0 Å². The van der Waals surface area contributed by atoms with E-state index >= 15 is 0 Å². The Hall–Kier alpha value is -3.54. The van der Waals surface area contributed by atoms with Crippen LogP contribution in [-0.4, -0.2) is 30.6 Å². The number of hydrogen-bond donors (Lipinski definition) is 1. The Morgan fingerprint density at radius 3 is 2.75 bits per heavy atom. The lowest BCUT2D eigenvalue weighted by Gasteiger charge is -2.19. The number of carbonyl (C=O) groups is 1. The van der Waals surface area contributed by atoms with Gasteiger partial charge in [-0.05, 0) is 36.2 Å². The van der Waals surface area contributed by atoms with Crippen molar-refractivity contribution < 1.29 is 14.3 Å². The zero-order chi connectivity index (χ0) is 18.9. The molecule has 0 radical (unpaired) electrons. The highest BCUT2D eigenvalue weighted by Gasteiger charge is 2.25. The first-order valence-electron chi connectivity index (χ1n) is 9.29. The van der Waals surface area contributed by atoms with Crippen molar-refractivity contribution in [1.29, 1.82) is 0 Å². The Kier molecular flexibility index (Phi) is 4.09. The zero-order valence-corrected chi connectivity index (χ0v) is 15.2. The van der Waals surface area contributed by atoms with Crippen LogP contribution in [0.15, 0.2) is 60.9 Å². The molecule has 2 aliphatic rings. The number of benzene rings is 2. The summed E-state index contributed by atoms with van der Waals surface area (Å²) in [6, 6.07) is 15.5. The van der Waals surface area contributed by atoms with Gasteiger partial charge in [0.25, 0.3) is 5.91 Å². The lowest BCUT2D eigenvalue weighted by atomic mass is 10.1. The second-order valence-electron chi connectivity index (χ2n) is 6.78. The average molecular weight is 373 g/mol. The lowest BCUT2D eigenvalue weighted by Crippen LogP contribution is -2.29. The maximum absolute atomic E-state index is 13.0. The van der Waals surface area contributed by atoms with E-state index in [1.165, 1.54) is 5.56 Å². The van der Waals surface area contributed by atoms with Gasteiger partial charge in [-0.15, -0.1) is 0 Å². The van der Waals surface area contributed by atoms with E-state index < -0.39 is 0 Å². The summed E-state index contributed by atoms with van der Waals surface area (Å²) in [6.45, 7) is 1.80. The molecule has 0 spiro atoms. The minimum absolute atomic E-state index is 0.0386. The summed E-state index contributed by atoms with van der Waals surface area (Å²) in [5.41, 5.74) is 4.34. The van der Waals surface area contributed by atoms with Crippen molar-refractivity contribution in [3.05, 3.63) is 72.1 Å². The predicted octanol–water partition coefficient (Wildman–Crippen LogP) is 3.80. The quantitative estimate of drug-likeness (QED) is 0.757. The molecule has 3 aromatic rings. The molecule has 0 saturated heterocycles. The van der Waals surface area contributed by atoms with Crippen molar-refractivity contribution in [3.8, 4) is 11.5 Å². The molecular weight excluding hydrogens is 354 g/mol. The number of aromatic nitrogens is 1. The SMILES string of the molecule is O=C(c1cncc(Nc2ccc3c(c2)OCCO3)c1)N1CCc2ccccc21. The third kappa shape index (κ3) is 3.03. The third-order valence-corrected chi connectivity index (χ3v) is 4.95. The van der Waals surface area contributed by atoms with Crippen molar-refractivity contribution in [1.82, 2.24) is 4.98 Å². The van der Waals surface area contributed by atoms with Gasteiger partial charge in [0, 0.05) is 30.2 Å². The number of hydrogen-bond acceptors (Lipinski definition) is 5. The van der Waals surface area contributed by atoms with Crippen LogP contribution in [0.4, 0.5) is 17.1 Å². The summed E-state index contributed by atoms with van der Waals surface area (Å²) in [5, 5.41) is 3.29. The molecule has 140 valence electrons. The highest BCUT2D eigenvalue weighted by molar-refractivity contribution is 6.07. The number of anilines is 3. The Labute approximate surface area is 162 Å². The Morgan fingerprint density at radius 1 is 0.964 bits per heavy atom. The van der Waals surface area contributed by atoms with Crippen molar-refractivity contribution in [2.45, 2.75) is 6.42 Å². The van der Waals surface area contributed by atoms with Gasteiger partial charge in [0.05, 0.1) is 17.4 Å². The summed E-state index contributed by atoms with van der Waals surface area (Å²) < 4.78 is 11.2. The van der Waals surface area contributed by atoms with E-state index in [1.807, 2.05) is 47.4 Å². The molecule has 2 aromatic carbocycles. The fourth-order valence-electron chi connectivity index (χ4n) is 3.62. The standard InChI is InChI=1S/C22H19N3O3/c26-22(25-8-7-15-3-1-2-4-19(15)25)16-11-18(14-23-13-16)24-17-5-6-20-21(12-17)28-10-9-27-20/h1-6,11-14,24H,7-10H2. The monoisotopic (exact) mass is 373 g/mol. The van der Waals surface area contributed by atoms with Crippen LogP contribution in [0, 0.1) is 0 Å². The molecule has 0 atom stereocenters. The first-order valence-corrected chi connectivity index (χ1v) is 9.29. The normalized spacial score (nSPS) is 14.5. The highest BCUT2D eigenvalue weighted by Crippen LogP contribution is 2.34. The Balaban J connectivity index is 1.37. The van der Waals surface area contributed by atoms with Crippen LogP contribution in [0.25, 0.3) is 0 Å². The molecule has 0 bridgehead atoms. The highest BCUT2D eigenvalue weighted by atomic mass is 16.6. The molecule has 2 aliphatic heterocycles. The van der Waals surface area contributed by atoms with Gasteiger partial charge in [-0.2, -0.15) is 0 Å². The van der Waals surface area contributed by atoms with Gasteiger partial charge in [0.2, 0.25) is 0 Å². The second-order valence-corrected chi connectivity index (χ2v) is 6.78. The van der Waals surface area contributed by atoms with E-state index in [4.69, 9.17) is 9.47 Å². The Bertz CT molecular complexity index is 1050. The molecule has 0 unspecified atom stereocenters. The molecule has 1 aromatic heterocycles. The van der Waals surface area contributed by atoms with Gasteiger partial charge in [0.1, 0.15) is 13.2 Å². The summed E-state index contributed by atoms with van der Waals surface area (Å²) in [6.07, 6.45) is 4.19. The molecule has 6 heteroatoms. The molecule has 1 amide bonds. The first-order chi connectivity index (χ1) is 13.8. The number of rotatable bonds is 3. The molecule has 28 heavy (non-hydrogen) atoms. The van der Waals surface area contributed by atoms with Gasteiger partial charge < -0.3 is 19.7 Å². The number of nitrogens with zero attached hydrogens (tertiary/aromatic N) is 2. The number of pyridine rings is 1. The topological polar surface area (TPSA) is 63.7 Å². The first kappa shape index (κ1) is 16.6. The van der Waals surface area contributed by atoms with E-state index in [-0.39, 0.29) is 5.91 Å². The van der Waals surface area contributed by atoms with Gasteiger partial charge in [-0.1, -0.05) is 18.2 Å². The van der Waals surface area contributed by atoms with E-state index in [0.717, 1.165) is 29.2 Å². The lowest BCUT2D eigenvalue weighted by molar-refractivity contribution is 0.0989. The van der Waals surface area contributed by atoms with Crippen LogP contribution in [-0.2, 0) is 6.42 Å². The van der Waals surface area contributed by atoms with Crippen molar-refractivity contribution in [3.63, 3.8) is 0 Å². The minimum Gasteiger partial charge on any atom is -0.486 e. The minimum atomic E-state index is -0.0386. The van der Waals surface area contributed by atoms with Crippen LogP contribution in [0.1, 0.15) is 15.9 Å². The van der Waals surface area contributed by atoms with E-state index in [2.05, 4.69) is 16.4 Å². The molecule has 0 aliphatic carbocycles.